The van der Waals surface area contributed by atoms with Gasteiger partial charge in [0, 0.05) is 12.6 Å². The number of carboxylic acid groups (broad SMARTS) is 1. The molecular formula is C24H37N5O6. The fourth-order valence-corrected chi connectivity index (χ4v) is 4.15. The zero-order chi connectivity index (χ0) is 25.8. The Morgan fingerprint density at radius 1 is 1.17 bits per heavy atom. The number of nitrogens with two attached hydrogens (primary N) is 1. The smallest absolute Gasteiger partial charge is 0.411 e. The van der Waals surface area contributed by atoms with Crippen molar-refractivity contribution in [2.45, 2.75) is 64.3 Å². The minimum Gasteiger partial charge on any atom is -0.480 e. The first kappa shape index (κ1) is 27.9. The highest BCUT2D eigenvalue weighted by atomic mass is 16.6. The summed E-state index contributed by atoms with van der Waals surface area (Å²) in [4.78, 5) is 50.8. The van der Waals surface area contributed by atoms with Crippen LogP contribution in [0.3, 0.4) is 0 Å². The van der Waals surface area contributed by atoms with Crippen molar-refractivity contribution in [2.24, 2.45) is 11.7 Å². The molecule has 0 aromatic heterocycles. The number of carbonyl (C=O) groups excluding carboxylic acids is 3. The Kier molecular flexibility index (Phi) is 11.3. The van der Waals surface area contributed by atoms with E-state index in [1.165, 1.54) is 4.90 Å². The summed E-state index contributed by atoms with van der Waals surface area (Å²) in [5.41, 5.74) is 5.85. The second-order valence-corrected chi connectivity index (χ2v) is 8.95. The molecule has 4 amide bonds. The van der Waals surface area contributed by atoms with Crippen LogP contribution in [-0.4, -0.2) is 71.8 Å². The number of ether oxygens (including phenoxy) is 1. The van der Waals surface area contributed by atoms with Gasteiger partial charge in [-0.05, 0) is 50.3 Å². The second kappa shape index (κ2) is 14.1. The summed E-state index contributed by atoms with van der Waals surface area (Å²) >= 11 is 0. The number of carbonyl (C=O) groups is 4. The lowest BCUT2D eigenvalue weighted by Crippen LogP contribution is -2.59. The molecule has 1 fully saturated rings. The third-order valence-electron chi connectivity index (χ3n) is 5.90. The lowest BCUT2D eigenvalue weighted by Gasteiger charge is -2.40. The maximum atomic E-state index is 13.4. The van der Waals surface area contributed by atoms with E-state index < -0.39 is 36.1 Å². The van der Waals surface area contributed by atoms with Crippen molar-refractivity contribution >= 4 is 24.0 Å². The molecule has 35 heavy (non-hydrogen) atoms. The molecule has 0 unspecified atom stereocenters. The number of carboxylic acids is 1. The number of hydrogen-bond donors (Lipinski definition) is 5. The molecule has 1 aliphatic heterocycles. The number of rotatable bonds is 12. The third kappa shape index (κ3) is 9.08. The SMILES string of the molecule is CC(C)[C@@H](C(=O)N[C@@H](CCCNC(N)=O)C(=O)O)N(C(=O)OCc1ccccc1)C1CCNCC1. The van der Waals surface area contributed by atoms with Crippen LogP contribution >= 0.6 is 0 Å². The Hall–Kier alpha value is -3.34. The van der Waals surface area contributed by atoms with E-state index in [0.29, 0.717) is 32.4 Å². The Labute approximate surface area is 205 Å². The number of benzene rings is 1. The Balaban J connectivity index is 2.17. The highest BCUT2D eigenvalue weighted by Gasteiger charge is 2.39. The van der Waals surface area contributed by atoms with E-state index in [-0.39, 0.29) is 31.5 Å². The topological polar surface area (TPSA) is 163 Å². The molecule has 11 heteroatoms. The van der Waals surface area contributed by atoms with Gasteiger partial charge in [0.25, 0.3) is 0 Å². The standard InChI is InChI=1S/C24H37N5O6/c1-16(2)20(21(30)28-19(22(31)32)9-6-12-27-23(25)33)29(18-10-13-26-14-11-18)24(34)35-15-17-7-4-3-5-8-17/h3-5,7-8,16,18-20,26H,6,9-15H2,1-2H3,(H,28,30)(H,31,32)(H3,25,27,33)/t19-,20-/m0/s1. The molecular weight excluding hydrogens is 454 g/mol. The van der Waals surface area contributed by atoms with Crippen LogP contribution in [-0.2, 0) is 20.9 Å². The van der Waals surface area contributed by atoms with Crippen molar-refractivity contribution in [1.82, 2.24) is 20.9 Å². The van der Waals surface area contributed by atoms with E-state index in [1.54, 1.807) is 0 Å². The Morgan fingerprint density at radius 3 is 2.40 bits per heavy atom. The Morgan fingerprint density at radius 2 is 1.83 bits per heavy atom. The van der Waals surface area contributed by atoms with Gasteiger partial charge >= 0.3 is 18.1 Å². The highest BCUT2D eigenvalue weighted by molar-refractivity contribution is 5.89. The average molecular weight is 492 g/mol. The maximum Gasteiger partial charge on any atom is 0.411 e. The van der Waals surface area contributed by atoms with Gasteiger partial charge in [0.1, 0.15) is 18.7 Å². The summed E-state index contributed by atoms with van der Waals surface area (Å²) in [5, 5.41) is 17.9. The molecule has 194 valence electrons. The largest absolute Gasteiger partial charge is 0.480 e. The van der Waals surface area contributed by atoms with Gasteiger partial charge in [-0.25, -0.2) is 14.4 Å². The average Bonchev–Trinajstić information content (AvgIpc) is 2.83. The van der Waals surface area contributed by atoms with Gasteiger partial charge in [-0.2, -0.15) is 0 Å². The van der Waals surface area contributed by atoms with Crippen LogP contribution < -0.4 is 21.7 Å². The van der Waals surface area contributed by atoms with Crippen molar-refractivity contribution < 1.29 is 29.0 Å². The van der Waals surface area contributed by atoms with Crippen molar-refractivity contribution in [3.8, 4) is 0 Å². The molecule has 1 saturated heterocycles. The number of aliphatic carboxylic acids is 1. The third-order valence-corrected chi connectivity index (χ3v) is 5.90. The van der Waals surface area contributed by atoms with Crippen LogP contribution in [0.25, 0.3) is 0 Å². The molecule has 11 nitrogen and oxygen atoms in total. The summed E-state index contributed by atoms with van der Waals surface area (Å²) in [6, 6.07) is 6.26. The van der Waals surface area contributed by atoms with E-state index in [0.717, 1.165) is 5.56 Å². The zero-order valence-corrected chi connectivity index (χ0v) is 20.4. The molecule has 0 spiro atoms. The van der Waals surface area contributed by atoms with E-state index in [9.17, 15) is 24.3 Å². The fraction of sp³-hybridized carbons (Fsp3) is 0.583. The zero-order valence-electron chi connectivity index (χ0n) is 20.4. The lowest BCUT2D eigenvalue weighted by molar-refractivity contribution is -0.143. The summed E-state index contributed by atoms with van der Waals surface area (Å²) in [7, 11) is 0. The number of urea groups is 1. The molecule has 1 heterocycles. The summed E-state index contributed by atoms with van der Waals surface area (Å²) in [6.45, 7) is 5.28. The van der Waals surface area contributed by atoms with Crippen LogP contribution in [0.5, 0.6) is 0 Å². The molecule has 2 rings (SSSR count). The van der Waals surface area contributed by atoms with Gasteiger partial charge in [0.2, 0.25) is 5.91 Å². The molecule has 1 aliphatic rings. The summed E-state index contributed by atoms with van der Waals surface area (Å²) in [6.07, 6.45) is 1.10. The van der Waals surface area contributed by atoms with Gasteiger partial charge in [0.05, 0.1) is 0 Å². The first-order chi connectivity index (χ1) is 16.7. The molecule has 1 aromatic carbocycles. The summed E-state index contributed by atoms with van der Waals surface area (Å²) < 4.78 is 5.60. The number of primary amides is 1. The minimum atomic E-state index is -1.19. The minimum absolute atomic E-state index is 0.0677. The highest BCUT2D eigenvalue weighted by Crippen LogP contribution is 2.22. The predicted molar refractivity (Wildman–Crippen MR) is 129 cm³/mol. The second-order valence-electron chi connectivity index (χ2n) is 8.95. The van der Waals surface area contributed by atoms with Crippen LogP contribution in [0.4, 0.5) is 9.59 Å². The predicted octanol–water partition coefficient (Wildman–Crippen LogP) is 1.42. The summed E-state index contributed by atoms with van der Waals surface area (Å²) in [5.74, 6) is -2.04. The van der Waals surface area contributed by atoms with E-state index in [4.69, 9.17) is 10.5 Å². The lowest BCUT2D eigenvalue weighted by atomic mass is 9.96. The Bertz CT molecular complexity index is 844. The van der Waals surface area contributed by atoms with Crippen LogP contribution in [0.1, 0.15) is 45.1 Å². The van der Waals surface area contributed by atoms with Crippen molar-refractivity contribution in [3.05, 3.63) is 35.9 Å². The number of hydrogen-bond acceptors (Lipinski definition) is 6. The van der Waals surface area contributed by atoms with Crippen LogP contribution in [0.2, 0.25) is 0 Å². The number of nitrogens with zero attached hydrogens (tertiary/aromatic N) is 1. The first-order valence-corrected chi connectivity index (χ1v) is 12.0. The van der Waals surface area contributed by atoms with Gasteiger partial charge < -0.3 is 31.5 Å². The van der Waals surface area contributed by atoms with Crippen molar-refractivity contribution in [2.75, 3.05) is 19.6 Å². The van der Waals surface area contributed by atoms with Crippen LogP contribution in [0.15, 0.2) is 30.3 Å². The molecule has 0 bridgehead atoms. The quantitative estimate of drug-likeness (QED) is 0.276. The number of piperidine rings is 1. The molecule has 2 atom stereocenters. The van der Waals surface area contributed by atoms with Crippen molar-refractivity contribution in [3.63, 3.8) is 0 Å². The maximum absolute atomic E-state index is 13.4. The normalized spacial score (nSPS) is 15.6. The fourth-order valence-electron chi connectivity index (χ4n) is 4.15. The van der Waals surface area contributed by atoms with E-state index >= 15 is 0 Å². The number of amides is 4. The first-order valence-electron chi connectivity index (χ1n) is 12.0. The van der Waals surface area contributed by atoms with E-state index in [2.05, 4.69) is 16.0 Å². The molecule has 0 saturated carbocycles. The molecule has 6 N–H and O–H groups in total. The van der Waals surface area contributed by atoms with Gasteiger partial charge in [-0.1, -0.05) is 44.2 Å². The van der Waals surface area contributed by atoms with Gasteiger partial charge in [-0.15, -0.1) is 0 Å². The van der Waals surface area contributed by atoms with Crippen LogP contribution in [0, 0.1) is 5.92 Å². The van der Waals surface area contributed by atoms with Crippen molar-refractivity contribution in [1.29, 1.82) is 0 Å². The van der Waals surface area contributed by atoms with Gasteiger partial charge in [-0.3, -0.25) is 9.69 Å². The molecule has 1 aromatic rings. The number of nitrogens with one attached hydrogen (secondary N) is 3. The van der Waals surface area contributed by atoms with E-state index in [1.807, 2.05) is 44.2 Å². The molecule has 0 radical (unpaired) electrons. The monoisotopic (exact) mass is 491 g/mol. The molecule has 0 aliphatic carbocycles. The van der Waals surface area contributed by atoms with Gasteiger partial charge in [0.15, 0.2) is 0 Å².